The summed E-state index contributed by atoms with van der Waals surface area (Å²) in [5, 5.41) is 9.44. The number of benzene rings is 2. The highest BCUT2D eigenvalue weighted by Gasteiger charge is 2.21. The van der Waals surface area contributed by atoms with Gasteiger partial charge in [-0.25, -0.2) is 0 Å². The van der Waals surface area contributed by atoms with Crippen molar-refractivity contribution in [3.63, 3.8) is 0 Å². The summed E-state index contributed by atoms with van der Waals surface area (Å²) in [6, 6.07) is 17.9. The van der Waals surface area contributed by atoms with Crippen LogP contribution >= 0.6 is 0 Å². The number of rotatable bonds is 5. The molecule has 0 bridgehead atoms. The maximum Gasteiger partial charge on any atom is 0.310 e. The number of carboxylic acid groups (broad SMARTS) is 1. The maximum absolute atomic E-state index is 11.5. The molecule has 2 heteroatoms. The zero-order chi connectivity index (χ0) is 14.5. The predicted octanol–water partition coefficient (Wildman–Crippen LogP) is 4.57. The zero-order valence-electron chi connectivity index (χ0n) is 11.9. The van der Waals surface area contributed by atoms with E-state index in [2.05, 4.69) is 13.8 Å². The van der Waals surface area contributed by atoms with Crippen molar-refractivity contribution >= 4 is 5.97 Å². The minimum Gasteiger partial charge on any atom is -0.481 e. The summed E-state index contributed by atoms with van der Waals surface area (Å²) in [7, 11) is 0. The lowest BCUT2D eigenvalue weighted by atomic mass is 9.89. The summed E-state index contributed by atoms with van der Waals surface area (Å²) in [5.74, 6) is -0.820. The van der Waals surface area contributed by atoms with Crippen LogP contribution in [-0.4, -0.2) is 11.1 Å². The van der Waals surface area contributed by atoms with Crippen LogP contribution in [0.25, 0.3) is 11.1 Å². The van der Waals surface area contributed by atoms with Gasteiger partial charge in [-0.15, -0.1) is 0 Å². The third kappa shape index (κ3) is 3.47. The first-order chi connectivity index (χ1) is 9.58. The van der Waals surface area contributed by atoms with Crippen LogP contribution in [0.1, 0.15) is 31.7 Å². The Hall–Kier alpha value is -2.09. The standard InChI is InChI=1S/C18H20O2/c1-13(2)11-17(18(19)20)16-10-6-9-15(12-16)14-7-4-3-5-8-14/h3-10,12-13,17H,11H2,1-2H3,(H,19,20)/t17-/m0/s1. The number of hydrogen-bond acceptors (Lipinski definition) is 1. The van der Waals surface area contributed by atoms with Crippen molar-refractivity contribution in [3.05, 3.63) is 60.2 Å². The Morgan fingerprint density at radius 2 is 1.65 bits per heavy atom. The molecule has 2 nitrogen and oxygen atoms in total. The zero-order valence-corrected chi connectivity index (χ0v) is 11.9. The molecule has 0 aliphatic carbocycles. The summed E-state index contributed by atoms with van der Waals surface area (Å²) >= 11 is 0. The smallest absolute Gasteiger partial charge is 0.310 e. The normalized spacial score (nSPS) is 12.3. The van der Waals surface area contributed by atoms with Crippen LogP contribution in [0, 0.1) is 5.92 Å². The number of hydrogen-bond donors (Lipinski definition) is 1. The first kappa shape index (κ1) is 14.3. The van der Waals surface area contributed by atoms with Crippen LogP contribution in [-0.2, 0) is 4.79 Å². The molecule has 1 atom stereocenters. The second-order valence-corrected chi connectivity index (χ2v) is 5.51. The Labute approximate surface area is 120 Å². The van der Waals surface area contributed by atoms with E-state index in [4.69, 9.17) is 0 Å². The monoisotopic (exact) mass is 268 g/mol. The van der Waals surface area contributed by atoms with Crippen molar-refractivity contribution in [2.24, 2.45) is 5.92 Å². The Kier molecular flexibility index (Phi) is 4.57. The van der Waals surface area contributed by atoms with E-state index in [-0.39, 0.29) is 0 Å². The van der Waals surface area contributed by atoms with Crippen LogP contribution in [0.3, 0.4) is 0 Å². The molecule has 0 heterocycles. The summed E-state index contributed by atoms with van der Waals surface area (Å²) in [6.45, 7) is 4.11. The number of carboxylic acids is 1. The van der Waals surface area contributed by atoms with E-state index >= 15 is 0 Å². The van der Waals surface area contributed by atoms with E-state index in [1.54, 1.807) is 0 Å². The van der Waals surface area contributed by atoms with Crippen molar-refractivity contribution in [1.82, 2.24) is 0 Å². The van der Waals surface area contributed by atoms with Gasteiger partial charge in [-0.3, -0.25) is 4.79 Å². The molecule has 0 aliphatic rings. The molecule has 0 saturated heterocycles. The third-order valence-corrected chi connectivity index (χ3v) is 3.40. The molecule has 20 heavy (non-hydrogen) atoms. The largest absolute Gasteiger partial charge is 0.481 e. The molecule has 2 aromatic rings. The van der Waals surface area contributed by atoms with Crippen molar-refractivity contribution in [2.45, 2.75) is 26.2 Å². The first-order valence-corrected chi connectivity index (χ1v) is 6.96. The molecule has 0 aromatic heterocycles. The molecule has 104 valence electrons. The van der Waals surface area contributed by atoms with Crippen LogP contribution in [0.5, 0.6) is 0 Å². The van der Waals surface area contributed by atoms with E-state index in [1.807, 2.05) is 54.6 Å². The van der Waals surface area contributed by atoms with E-state index in [0.717, 1.165) is 16.7 Å². The topological polar surface area (TPSA) is 37.3 Å². The lowest BCUT2D eigenvalue weighted by Gasteiger charge is -2.16. The SMILES string of the molecule is CC(C)C[C@H](C(=O)O)c1cccc(-c2ccccc2)c1. The Morgan fingerprint density at radius 1 is 1.00 bits per heavy atom. The van der Waals surface area contributed by atoms with E-state index in [1.165, 1.54) is 0 Å². The van der Waals surface area contributed by atoms with Crippen LogP contribution in [0.4, 0.5) is 0 Å². The summed E-state index contributed by atoms with van der Waals surface area (Å²) < 4.78 is 0. The average Bonchev–Trinajstić information content (AvgIpc) is 2.45. The summed E-state index contributed by atoms with van der Waals surface area (Å²) in [4.78, 5) is 11.5. The fourth-order valence-electron chi connectivity index (χ4n) is 2.42. The molecule has 0 unspecified atom stereocenters. The van der Waals surface area contributed by atoms with E-state index in [0.29, 0.717) is 12.3 Å². The summed E-state index contributed by atoms with van der Waals surface area (Å²) in [5.41, 5.74) is 3.06. The van der Waals surface area contributed by atoms with Crippen molar-refractivity contribution < 1.29 is 9.90 Å². The van der Waals surface area contributed by atoms with E-state index < -0.39 is 11.9 Å². The molecular formula is C18H20O2. The fourth-order valence-corrected chi connectivity index (χ4v) is 2.42. The van der Waals surface area contributed by atoms with Gasteiger partial charge in [-0.1, -0.05) is 68.4 Å². The molecular weight excluding hydrogens is 248 g/mol. The molecule has 2 rings (SSSR count). The van der Waals surface area contributed by atoms with Crippen molar-refractivity contribution in [2.75, 3.05) is 0 Å². The van der Waals surface area contributed by atoms with Crippen LogP contribution in [0.15, 0.2) is 54.6 Å². The van der Waals surface area contributed by atoms with Gasteiger partial charge in [0, 0.05) is 0 Å². The van der Waals surface area contributed by atoms with Crippen LogP contribution < -0.4 is 0 Å². The highest BCUT2D eigenvalue weighted by atomic mass is 16.4. The third-order valence-electron chi connectivity index (χ3n) is 3.40. The fraction of sp³-hybridized carbons (Fsp3) is 0.278. The van der Waals surface area contributed by atoms with Gasteiger partial charge < -0.3 is 5.11 Å². The molecule has 0 saturated carbocycles. The predicted molar refractivity (Wildman–Crippen MR) is 81.7 cm³/mol. The molecule has 0 amide bonds. The quantitative estimate of drug-likeness (QED) is 0.862. The second kappa shape index (κ2) is 6.38. The summed E-state index contributed by atoms with van der Waals surface area (Å²) in [6.07, 6.45) is 0.660. The molecule has 2 aromatic carbocycles. The van der Waals surface area contributed by atoms with Gasteiger partial charge in [-0.05, 0) is 29.0 Å². The number of carbonyl (C=O) groups is 1. The molecule has 0 aliphatic heterocycles. The molecule has 0 radical (unpaired) electrons. The van der Waals surface area contributed by atoms with Gasteiger partial charge in [0.2, 0.25) is 0 Å². The first-order valence-electron chi connectivity index (χ1n) is 6.96. The second-order valence-electron chi connectivity index (χ2n) is 5.51. The van der Waals surface area contributed by atoms with Gasteiger partial charge in [0.15, 0.2) is 0 Å². The van der Waals surface area contributed by atoms with Gasteiger partial charge in [0.25, 0.3) is 0 Å². The lowest BCUT2D eigenvalue weighted by molar-refractivity contribution is -0.139. The highest BCUT2D eigenvalue weighted by Crippen LogP contribution is 2.28. The maximum atomic E-state index is 11.5. The van der Waals surface area contributed by atoms with Gasteiger partial charge in [-0.2, -0.15) is 0 Å². The minimum atomic E-state index is -0.746. The average molecular weight is 268 g/mol. The highest BCUT2D eigenvalue weighted by molar-refractivity contribution is 5.77. The van der Waals surface area contributed by atoms with Gasteiger partial charge in [0.1, 0.15) is 0 Å². The lowest BCUT2D eigenvalue weighted by Crippen LogP contribution is -2.14. The van der Waals surface area contributed by atoms with Crippen LogP contribution in [0.2, 0.25) is 0 Å². The van der Waals surface area contributed by atoms with E-state index in [9.17, 15) is 9.90 Å². The minimum absolute atomic E-state index is 0.358. The molecule has 0 spiro atoms. The van der Waals surface area contributed by atoms with Crippen molar-refractivity contribution in [3.8, 4) is 11.1 Å². The Balaban J connectivity index is 2.35. The Morgan fingerprint density at radius 3 is 2.25 bits per heavy atom. The molecule has 0 fully saturated rings. The van der Waals surface area contributed by atoms with Crippen molar-refractivity contribution in [1.29, 1.82) is 0 Å². The van der Waals surface area contributed by atoms with Gasteiger partial charge >= 0.3 is 5.97 Å². The number of aliphatic carboxylic acids is 1. The van der Waals surface area contributed by atoms with Gasteiger partial charge in [0.05, 0.1) is 5.92 Å². The Bertz CT molecular complexity index is 573. The molecule has 1 N–H and O–H groups in total.